The fourth-order valence-electron chi connectivity index (χ4n) is 2.62. The number of halogens is 1. The number of rotatable bonds is 9. The zero-order chi connectivity index (χ0) is 16.5. The number of carbonyl (C=O) groups is 1. The van der Waals surface area contributed by atoms with Gasteiger partial charge in [-0.1, -0.05) is 60.8 Å². The first-order chi connectivity index (χ1) is 11.1. The fraction of sp³-hybridized carbons (Fsp3) is 0.350. The molecule has 1 N–H and O–H groups in total. The molecule has 0 heterocycles. The van der Waals surface area contributed by atoms with Crippen molar-refractivity contribution in [1.82, 2.24) is 0 Å². The van der Waals surface area contributed by atoms with Crippen molar-refractivity contribution < 1.29 is 9.90 Å². The first-order valence-electron chi connectivity index (χ1n) is 8.17. The summed E-state index contributed by atoms with van der Waals surface area (Å²) in [6.07, 6.45) is 6.28. The van der Waals surface area contributed by atoms with Crippen LogP contribution in [0.1, 0.15) is 48.8 Å². The molecule has 0 aliphatic carbocycles. The van der Waals surface area contributed by atoms with Gasteiger partial charge in [-0.05, 0) is 54.5 Å². The lowest BCUT2D eigenvalue weighted by molar-refractivity contribution is -0.137. The Morgan fingerprint density at radius 2 is 1.30 bits per heavy atom. The maximum absolute atomic E-state index is 10.4. The van der Waals surface area contributed by atoms with E-state index in [2.05, 4.69) is 36.4 Å². The summed E-state index contributed by atoms with van der Waals surface area (Å²) in [7, 11) is 0. The van der Waals surface area contributed by atoms with E-state index >= 15 is 0 Å². The van der Waals surface area contributed by atoms with E-state index in [0.29, 0.717) is 6.42 Å². The van der Waals surface area contributed by atoms with Crippen LogP contribution in [-0.4, -0.2) is 11.1 Å². The fourth-order valence-corrected chi connectivity index (χ4v) is 2.75. The summed E-state index contributed by atoms with van der Waals surface area (Å²) in [5, 5.41) is 9.36. The molecule has 0 fully saturated rings. The molecule has 3 heteroatoms. The van der Waals surface area contributed by atoms with Gasteiger partial charge in [0.05, 0.1) is 0 Å². The molecule has 2 aromatic carbocycles. The van der Waals surface area contributed by atoms with E-state index in [-0.39, 0.29) is 0 Å². The van der Waals surface area contributed by atoms with Gasteiger partial charge in [-0.15, -0.1) is 0 Å². The second kappa shape index (κ2) is 9.36. The van der Waals surface area contributed by atoms with Gasteiger partial charge in [-0.3, -0.25) is 4.79 Å². The van der Waals surface area contributed by atoms with Crippen molar-refractivity contribution in [3.8, 4) is 0 Å². The number of hydrogen-bond donors (Lipinski definition) is 1. The molecule has 2 nitrogen and oxygen atoms in total. The monoisotopic (exact) mass is 330 g/mol. The highest BCUT2D eigenvalue weighted by atomic mass is 35.5. The molecule has 0 amide bonds. The summed E-state index contributed by atoms with van der Waals surface area (Å²) in [4.78, 5) is 10.4. The molecular weight excluding hydrogens is 308 g/mol. The molecule has 0 spiro atoms. The van der Waals surface area contributed by atoms with Crippen LogP contribution in [-0.2, 0) is 17.6 Å². The molecule has 0 aliphatic heterocycles. The Morgan fingerprint density at radius 1 is 0.783 bits per heavy atom. The average molecular weight is 331 g/mol. The third kappa shape index (κ3) is 6.87. The van der Waals surface area contributed by atoms with E-state index in [0.717, 1.165) is 43.5 Å². The Kier molecular flexibility index (Phi) is 7.15. The lowest BCUT2D eigenvalue weighted by Gasteiger charge is -2.05. The molecule has 0 saturated carbocycles. The van der Waals surface area contributed by atoms with Gasteiger partial charge in [0, 0.05) is 11.4 Å². The van der Waals surface area contributed by atoms with Crippen LogP contribution in [0.3, 0.4) is 0 Å². The predicted octanol–water partition coefficient (Wildman–Crippen LogP) is 5.51. The van der Waals surface area contributed by atoms with Gasteiger partial charge in [-0.25, -0.2) is 0 Å². The Morgan fingerprint density at radius 3 is 1.91 bits per heavy atom. The summed E-state index contributed by atoms with van der Waals surface area (Å²) in [5.41, 5.74) is 3.92. The van der Waals surface area contributed by atoms with Crippen molar-refractivity contribution in [2.24, 2.45) is 0 Å². The van der Waals surface area contributed by atoms with E-state index in [1.807, 2.05) is 12.1 Å². The lowest BCUT2D eigenvalue weighted by atomic mass is 10.0. The van der Waals surface area contributed by atoms with Gasteiger partial charge >= 0.3 is 5.97 Å². The van der Waals surface area contributed by atoms with Crippen LogP contribution in [0.2, 0.25) is 5.02 Å². The van der Waals surface area contributed by atoms with Gasteiger partial charge in [0.1, 0.15) is 0 Å². The van der Waals surface area contributed by atoms with E-state index < -0.39 is 5.97 Å². The smallest absolute Gasteiger partial charge is 0.303 e. The Balaban J connectivity index is 1.72. The highest BCUT2D eigenvalue weighted by Gasteiger charge is 2.00. The van der Waals surface area contributed by atoms with Gasteiger partial charge in [0.2, 0.25) is 0 Å². The Bertz CT molecular complexity index is 603. The lowest BCUT2D eigenvalue weighted by Crippen LogP contribution is -1.94. The minimum absolute atomic E-state index is 0.291. The van der Waals surface area contributed by atoms with Crippen molar-refractivity contribution >= 4 is 17.6 Å². The molecule has 2 aromatic rings. The zero-order valence-corrected chi connectivity index (χ0v) is 14.1. The molecule has 122 valence electrons. The molecule has 0 unspecified atom stereocenters. The van der Waals surface area contributed by atoms with Gasteiger partial charge in [0.25, 0.3) is 0 Å². The molecule has 0 aliphatic rings. The molecule has 0 atom stereocenters. The first kappa shape index (κ1) is 17.6. The van der Waals surface area contributed by atoms with Crippen molar-refractivity contribution in [3.63, 3.8) is 0 Å². The van der Waals surface area contributed by atoms with E-state index in [1.54, 1.807) is 0 Å². The number of aliphatic carboxylic acids is 1. The zero-order valence-electron chi connectivity index (χ0n) is 13.3. The normalized spacial score (nSPS) is 10.7. The van der Waals surface area contributed by atoms with Gasteiger partial charge in [-0.2, -0.15) is 0 Å². The number of carboxylic acid groups (broad SMARTS) is 1. The summed E-state index contributed by atoms with van der Waals surface area (Å²) in [6, 6.07) is 16.7. The predicted molar refractivity (Wildman–Crippen MR) is 95.1 cm³/mol. The minimum Gasteiger partial charge on any atom is -0.481 e. The van der Waals surface area contributed by atoms with Crippen LogP contribution in [0.25, 0.3) is 0 Å². The first-order valence-corrected chi connectivity index (χ1v) is 8.55. The standard InChI is InChI=1S/C20H23ClO2/c21-19-13-11-18(12-14-19)15-17-9-7-16(8-10-17)5-3-1-2-4-6-20(22)23/h7-14H,1-6,15H2,(H,22,23). The largest absolute Gasteiger partial charge is 0.481 e. The molecule has 0 saturated heterocycles. The molecule has 0 bridgehead atoms. The molecular formula is C20H23ClO2. The minimum atomic E-state index is -0.693. The highest BCUT2D eigenvalue weighted by Crippen LogP contribution is 2.15. The summed E-state index contributed by atoms with van der Waals surface area (Å²) in [6.45, 7) is 0. The van der Waals surface area contributed by atoms with E-state index in [9.17, 15) is 4.79 Å². The summed E-state index contributed by atoms with van der Waals surface area (Å²) >= 11 is 5.90. The second-order valence-electron chi connectivity index (χ2n) is 5.93. The average Bonchev–Trinajstić information content (AvgIpc) is 2.54. The molecule has 0 radical (unpaired) electrons. The number of benzene rings is 2. The maximum atomic E-state index is 10.4. The number of hydrogen-bond acceptors (Lipinski definition) is 1. The van der Waals surface area contributed by atoms with E-state index in [1.165, 1.54) is 16.7 Å². The van der Waals surface area contributed by atoms with Crippen LogP contribution >= 0.6 is 11.6 Å². The van der Waals surface area contributed by atoms with E-state index in [4.69, 9.17) is 16.7 Å². The van der Waals surface area contributed by atoms with Crippen molar-refractivity contribution in [2.75, 3.05) is 0 Å². The third-order valence-corrected chi connectivity index (χ3v) is 4.20. The topological polar surface area (TPSA) is 37.3 Å². The SMILES string of the molecule is O=C(O)CCCCCCc1ccc(Cc2ccc(Cl)cc2)cc1. The van der Waals surface area contributed by atoms with Crippen LogP contribution in [0.5, 0.6) is 0 Å². The summed E-state index contributed by atoms with van der Waals surface area (Å²) in [5.74, 6) is -0.693. The van der Waals surface area contributed by atoms with Crippen molar-refractivity contribution in [2.45, 2.75) is 44.9 Å². The van der Waals surface area contributed by atoms with Crippen LogP contribution in [0, 0.1) is 0 Å². The number of carboxylic acids is 1. The molecule has 0 aromatic heterocycles. The number of unbranched alkanes of at least 4 members (excludes halogenated alkanes) is 3. The molecule has 23 heavy (non-hydrogen) atoms. The quantitative estimate of drug-likeness (QED) is 0.616. The second-order valence-corrected chi connectivity index (χ2v) is 6.36. The number of aryl methyl sites for hydroxylation is 1. The van der Waals surface area contributed by atoms with Crippen LogP contribution in [0.15, 0.2) is 48.5 Å². The van der Waals surface area contributed by atoms with Crippen LogP contribution < -0.4 is 0 Å². The highest BCUT2D eigenvalue weighted by molar-refractivity contribution is 6.30. The van der Waals surface area contributed by atoms with Crippen LogP contribution in [0.4, 0.5) is 0 Å². The molecule has 2 rings (SSSR count). The third-order valence-electron chi connectivity index (χ3n) is 3.95. The maximum Gasteiger partial charge on any atom is 0.303 e. The van der Waals surface area contributed by atoms with Gasteiger partial charge in [0.15, 0.2) is 0 Å². The van der Waals surface area contributed by atoms with Gasteiger partial charge < -0.3 is 5.11 Å². The summed E-state index contributed by atoms with van der Waals surface area (Å²) < 4.78 is 0. The Hall–Kier alpha value is -1.80. The Labute approximate surface area is 143 Å². The van der Waals surface area contributed by atoms with Crippen molar-refractivity contribution in [1.29, 1.82) is 0 Å². The van der Waals surface area contributed by atoms with Crippen molar-refractivity contribution in [3.05, 3.63) is 70.2 Å².